The summed E-state index contributed by atoms with van der Waals surface area (Å²) in [4.78, 5) is 0. The van der Waals surface area contributed by atoms with Gasteiger partial charge in [0.2, 0.25) is 0 Å². The molecule has 1 aromatic heterocycles. The minimum atomic E-state index is -0.274. The van der Waals surface area contributed by atoms with Crippen molar-refractivity contribution in [2.24, 2.45) is 5.84 Å². The lowest BCUT2D eigenvalue weighted by molar-refractivity contribution is 0.476. The summed E-state index contributed by atoms with van der Waals surface area (Å²) in [7, 11) is 0. The first kappa shape index (κ1) is 14.1. The van der Waals surface area contributed by atoms with Crippen molar-refractivity contribution in [1.29, 1.82) is 0 Å². The summed E-state index contributed by atoms with van der Waals surface area (Å²) in [5, 5.41) is 1.77. The molecule has 3 nitrogen and oxygen atoms in total. The summed E-state index contributed by atoms with van der Waals surface area (Å²) in [6.07, 6.45) is 0. The van der Waals surface area contributed by atoms with Crippen molar-refractivity contribution in [3.63, 3.8) is 0 Å². The number of hydrazine groups is 1. The lowest BCUT2D eigenvalue weighted by Crippen LogP contribution is -2.28. The second-order valence-electron chi connectivity index (χ2n) is 5.22. The zero-order valence-electron chi connectivity index (χ0n) is 12.0. The van der Waals surface area contributed by atoms with E-state index in [9.17, 15) is 0 Å². The summed E-state index contributed by atoms with van der Waals surface area (Å²) in [6.45, 7) is 4.00. The molecular formula is C17H17ClN2O. The predicted octanol–water partition coefficient (Wildman–Crippen LogP) is 4.26. The molecule has 1 atom stereocenters. The molecule has 0 saturated heterocycles. The molecule has 0 saturated carbocycles. The van der Waals surface area contributed by atoms with Gasteiger partial charge < -0.3 is 4.42 Å². The highest BCUT2D eigenvalue weighted by atomic mass is 35.5. The van der Waals surface area contributed by atoms with Crippen LogP contribution in [0.1, 0.15) is 28.5 Å². The number of hydrogen-bond donors (Lipinski definition) is 2. The fraction of sp³-hybridized carbons (Fsp3) is 0.176. The van der Waals surface area contributed by atoms with Crippen LogP contribution in [0.2, 0.25) is 5.02 Å². The number of benzene rings is 2. The SMILES string of the molecule is Cc1cccc(C(NN)c2cc3cccc(C)c3o2)c1Cl. The molecule has 2 aromatic carbocycles. The summed E-state index contributed by atoms with van der Waals surface area (Å²) in [6, 6.07) is 13.7. The minimum Gasteiger partial charge on any atom is -0.459 e. The van der Waals surface area contributed by atoms with Crippen LogP contribution in [0.3, 0.4) is 0 Å². The quantitative estimate of drug-likeness (QED) is 0.561. The van der Waals surface area contributed by atoms with Crippen LogP contribution in [0.25, 0.3) is 11.0 Å². The number of fused-ring (bicyclic) bond motifs is 1. The van der Waals surface area contributed by atoms with Crippen LogP contribution < -0.4 is 11.3 Å². The summed E-state index contributed by atoms with van der Waals surface area (Å²) >= 11 is 6.41. The molecule has 0 fully saturated rings. The first-order valence-corrected chi connectivity index (χ1v) is 7.20. The van der Waals surface area contributed by atoms with Crippen molar-refractivity contribution in [1.82, 2.24) is 5.43 Å². The van der Waals surface area contributed by atoms with E-state index in [1.54, 1.807) is 0 Å². The van der Waals surface area contributed by atoms with Crippen molar-refractivity contribution in [3.05, 3.63) is 69.9 Å². The van der Waals surface area contributed by atoms with Gasteiger partial charge >= 0.3 is 0 Å². The number of nitrogens with two attached hydrogens (primary N) is 1. The van der Waals surface area contributed by atoms with Crippen LogP contribution >= 0.6 is 11.6 Å². The normalized spacial score (nSPS) is 12.8. The molecule has 108 valence electrons. The van der Waals surface area contributed by atoms with Gasteiger partial charge in [-0.3, -0.25) is 5.84 Å². The van der Waals surface area contributed by atoms with E-state index >= 15 is 0 Å². The van der Waals surface area contributed by atoms with Crippen LogP contribution in [-0.2, 0) is 0 Å². The maximum absolute atomic E-state index is 6.41. The Morgan fingerprint density at radius 1 is 1.10 bits per heavy atom. The highest BCUT2D eigenvalue weighted by molar-refractivity contribution is 6.32. The van der Waals surface area contributed by atoms with Crippen molar-refractivity contribution in [2.45, 2.75) is 19.9 Å². The number of aryl methyl sites for hydroxylation is 2. The third-order valence-electron chi connectivity index (χ3n) is 3.74. The van der Waals surface area contributed by atoms with Gasteiger partial charge in [0.25, 0.3) is 0 Å². The molecule has 0 aliphatic rings. The van der Waals surface area contributed by atoms with Crippen LogP contribution in [0, 0.1) is 13.8 Å². The Kier molecular flexibility index (Phi) is 3.72. The van der Waals surface area contributed by atoms with Gasteiger partial charge in [-0.2, -0.15) is 0 Å². The third kappa shape index (κ3) is 2.44. The second-order valence-corrected chi connectivity index (χ2v) is 5.60. The standard InChI is InChI=1S/C17H17ClN2O/c1-10-5-4-8-13(15(10)18)16(20-19)14-9-12-7-3-6-11(2)17(12)21-14/h3-9,16,20H,19H2,1-2H3. The van der Waals surface area contributed by atoms with Gasteiger partial charge in [0.15, 0.2) is 0 Å². The largest absolute Gasteiger partial charge is 0.459 e. The summed E-state index contributed by atoms with van der Waals surface area (Å²) < 4.78 is 6.00. The fourth-order valence-electron chi connectivity index (χ4n) is 2.59. The van der Waals surface area contributed by atoms with Crippen molar-refractivity contribution in [3.8, 4) is 0 Å². The molecule has 0 bridgehead atoms. The van der Waals surface area contributed by atoms with Crippen LogP contribution in [0.15, 0.2) is 46.9 Å². The van der Waals surface area contributed by atoms with Gasteiger partial charge in [-0.1, -0.05) is 48.0 Å². The van der Waals surface area contributed by atoms with Crippen LogP contribution in [0.5, 0.6) is 0 Å². The maximum atomic E-state index is 6.41. The van der Waals surface area contributed by atoms with Crippen LogP contribution in [0.4, 0.5) is 0 Å². The molecule has 3 N–H and O–H groups in total. The van der Waals surface area contributed by atoms with Crippen molar-refractivity contribution >= 4 is 22.6 Å². The maximum Gasteiger partial charge on any atom is 0.137 e. The average Bonchev–Trinajstić information content (AvgIpc) is 2.89. The molecule has 21 heavy (non-hydrogen) atoms. The summed E-state index contributed by atoms with van der Waals surface area (Å²) in [5.41, 5.74) is 6.72. The van der Waals surface area contributed by atoms with E-state index in [-0.39, 0.29) is 6.04 Å². The molecule has 4 heteroatoms. The Morgan fingerprint density at radius 3 is 2.52 bits per heavy atom. The van der Waals surface area contributed by atoms with E-state index < -0.39 is 0 Å². The number of rotatable bonds is 3. The molecule has 0 aliphatic heterocycles. The van der Waals surface area contributed by atoms with E-state index in [1.165, 1.54) is 0 Å². The topological polar surface area (TPSA) is 51.2 Å². The van der Waals surface area contributed by atoms with Gasteiger partial charge in [0.05, 0.1) is 0 Å². The van der Waals surface area contributed by atoms with Crippen molar-refractivity contribution < 1.29 is 4.42 Å². The first-order valence-electron chi connectivity index (χ1n) is 6.82. The van der Waals surface area contributed by atoms with E-state index in [0.717, 1.165) is 33.4 Å². The number of para-hydroxylation sites is 1. The lowest BCUT2D eigenvalue weighted by Gasteiger charge is -2.16. The van der Waals surface area contributed by atoms with Crippen LogP contribution in [-0.4, -0.2) is 0 Å². The Morgan fingerprint density at radius 2 is 1.81 bits per heavy atom. The minimum absolute atomic E-state index is 0.274. The molecule has 1 unspecified atom stereocenters. The average molecular weight is 301 g/mol. The molecule has 0 amide bonds. The highest BCUT2D eigenvalue weighted by Crippen LogP contribution is 2.33. The molecule has 3 rings (SSSR count). The number of nitrogens with one attached hydrogen (secondary N) is 1. The Balaban J connectivity index is 2.14. The zero-order chi connectivity index (χ0) is 15.0. The Labute approximate surface area is 128 Å². The lowest BCUT2D eigenvalue weighted by atomic mass is 10.0. The molecule has 1 heterocycles. The smallest absolute Gasteiger partial charge is 0.137 e. The van der Waals surface area contributed by atoms with E-state index in [0.29, 0.717) is 5.02 Å². The Bertz CT molecular complexity index is 795. The van der Waals surface area contributed by atoms with Gasteiger partial charge in [0, 0.05) is 10.4 Å². The molecular weight excluding hydrogens is 284 g/mol. The van der Waals surface area contributed by atoms with Crippen molar-refractivity contribution in [2.75, 3.05) is 0 Å². The van der Waals surface area contributed by atoms with Gasteiger partial charge in [-0.15, -0.1) is 0 Å². The monoisotopic (exact) mass is 300 g/mol. The number of halogens is 1. The first-order chi connectivity index (χ1) is 10.1. The highest BCUT2D eigenvalue weighted by Gasteiger charge is 2.20. The zero-order valence-corrected chi connectivity index (χ0v) is 12.7. The van der Waals surface area contributed by atoms with E-state index in [2.05, 4.69) is 5.43 Å². The number of hydrogen-bond acceptors (Lipinski definition) is 3. The molecule has 3 aromatic rings. The molecule has 0 spiro atoms. The second kappa shape index (κ2) is 5.53. The third-order valence-corrected chi connectivity index (χ3v) is 4.26. The fourth-order valence-corrected chi connectivity index (χ4v) is 2.82. The summed E-state index contributed by atoms with van der Waals surface area (Å²) in [5.74, 6) is 6.51. The predicted molar refractivity (Wildman–Crippen MR) is 86.3 cm³/mol. The molecule has 0 radical (unpaired) electrons. The van der Waals surface area contributed by atoms with E-state index in [1.807, 2.05) is 56.3 Å². The van der Waals surface area contributed by atoms with Gasteiger partial charge in [-0.05, 0) is 36.6 Å². The molecule has 0 aliphatic carbocycles. The van der Waals surface area contributed by atoms with E-state index in [4.69, 9.17) is 21.9 Å². The number of furan rings is 1. The van der Waals surface area contributed by atoms with Gasteiger partial charge in [0.1, 0.15) is 17.4 Å². The Hall–Kier alpha value is -1.81. The van der Waals surface area contributed by atoms with Gasteiger partial charge in [-0.25, -0.2) is 5.43 Å².